The van der Waals surface area contributed by atoms with Gasteiger partial charge in [0.05, 0.1) is 6.04 Å². The molecule has 4 heteroatoms. The number of piperidine rings is 1. The van der Waals surface area contributed by atoms with Crippen LogP contribution in [0.15, 0.2) is 12.4 Å². The van der Waals surface area contributed by atoms with Crippen LogP contribution in [0.4, 0.5) is 0 Å². The van der Waals surface area contributed by atoms with Crippen molar-refractivity contribution in [3.8, 4) is 0 Å². The van der Waals surface area contributed by atoms with E-state index in [1.165, 1.54) is 25.9 Å². The molecule has 1 unspecified atom stereocenters. The molecule has 0 bridgehead atoms. The van der Waals surface area contributed by atoms with Gasteiger partial charge in [-0.2, -0.15) is 0 Å². The zero-order valence-electron chi connectivity index (χ0n) is 9.29. The molecule has 1 aromatic heterocycles. The number of hydrogen-bond donors (Lipinski definition) is 3. The monoisotopic (exact) mass is 208 g/mol. The molecule has 0 aromatic carbocycles. The lowest BCUT2D eigenvalue weighted by atomic mass is 9.98. The number of aromatic nitrogens is 2. The summed E-state index contributed by atoms with van der Waals surface area (Å²) in [7, 11) is 0. The van der Waals surface area contributed by atoms with Crippen molar-refractivity contribution in [1.82, 2.24) is 20.6 Å². The van der Waals surface area contributed by atoms with E-state index in [9.17, 15) is 0 Å². The van der Waals surface area contributed by atoms with Crippen LogP contribution >= 0.6 is 0 Å². The Morgan fingerprint density at radius 3 is 3.00 bits per heavy atom. The quantitative estimate of drug-likeness (QED) is 0.693. The molecule has 2 rings (SSSR count). The van der Waals surface area contributed by atoms with Crippen molar-refractivity contribution in [2.45, 2.75) is 25.8 Å². The third-order valence-electron chi connectivity index (χ3n) is 3.10. The average Bonchev–Trinajstić information content (AvgIpc) is 2.81. The molecule has 1 aliphatic heterocycles. The first kappa shape index (κ1) is 10.6. The molecule has 1 aliphatic rings. The van der Waals surface area contributed by atoms with Crippen molar-refractivity contribution in [2.24, 2.45) is 5.92 Å². The zero-order valence-corrected chi connectivity index (χ0v) is 9.29. The summed E-state index contributed by atoms with van der Waals surface area (Å²) in [4.78, 5) is 7.39. The van der Waals surface area contributed by atoms with Gasteiger partial charge in [-0.05, 0) is 45.3 Å². The van der Waals surface area contributed by atoms with Crippen LogP contribution in [0.2, 0.25) is 0 Å². The molecule has 0 spiro atoms. The third-order valence-corrected chi connectivity index (χ3v) is 3.10. The molecule has 0 aliphatic carbocycles. The van der Waals surface area contributed by atoms with E-state index in [0.29, 0.717) is 6.04 Å². The first-order chi connectivity index (χ1) is 7.36. The maximum Gasteiger partial charge on any atom is 0.122 e. The van der Waals surface area contributed by atoms with Crippen molar-refractivity contribution in [3.05, 3.63) is 18.2 Å². The fourth-order valence-corrected chi connectivity index (χ4v) is 2.04. The molecule has 1 aromatic rings. The maximum absolute atomic E-state index is 4.25. The van der Waals surface area contributed by atoms with Crippen LogP contribution in [0.25, 0.3) is 0 Å². The summed E-state index contributed by atoms with van der Waals surface area (Å²) in [6, 6.07) is 0.329. The second kappa shape index (κ2) is 5.28. The first-order valence-corrected chi connectivity index (χ1v) is 5.79. The van der Waals surface area contributed by atoms with Crippen LogP contribution in [-0.2, 0) is 0 Å². The Balaban J connectivity index is 1.73. The summed E-state index contributed by atoms with van der Waals surface area (Å²) in [5.74, 6) is 1.85. The Morgan fingerprint density at radius 1 is 1.53 bits per heavy atom. The van der Waals surface area contributed by atoms with Gasteiger partial charge in [-0.3, -0.25) is 0 Å². The summed E-state index contributed by atoms with van der Waals surface area (Å²) >= 11 is 0. The fraction of sp³-hybridized carbons (Fsp3) is 0.727. The molecule has 0 radical (unpaired) electrons. The molecule has 2 heterocycles. The molecule has 84 valence electrons. The molecule has 1 fully saturated rings. The average molecular weight is 208 g/mol. The number of nitrogens with zero attached hydrogens (tertiary/aromatic N) is 1. The van der Waals surface area contributed by atoms with Crippen LogP contribution in [0, 0.1) is 5.92 Å². The molecule has 0 saturated carbocycles. The number of imidazole rings is 1. The zero-order chi connectivity index (χ0) is 10.5. The van der Waals surface area contributed by atoms with E-state index in [1.807, 2.05) is 6.20 Å². The van der Waals surface area contributed by atoms with E-state index >= 15 is 0 Å². The van der Waals surface area contributed by atoms with Crippen molar-refractivity contribution >= 4 is 0 Å². The van der Waals surface area contributed by atoms with Crippen molar-refractivity contribution in [3.63, 3.8) is 0 Å². The van der Waals surface area contributed by atoms with Gasteiger partial charge in [-0.25, -0.2) is 4.98 Å². The molecular formula is C11H20N4. The van der Waals surface area contributed by atoms with E-state index in [-0.39, 0.29) is 0 Å². The molecule has 4 nitrogen and oxygen atoms in total. The Bertz CT molecular complexity index is 264. The van der Waals surface area contributed by atoms with Gasteiger partial charge in [0.2, 0.25) is 0 Å². The van der Waals surface area contributed by atoms with Crippen LogP contribution in [-0.4, -0.2) is 29.6 Å². The van der Waals surface area contributed by atoms with Crippen molar-refractivity contribution in [2.75, 3.05) is 19.6 Å². The standard InChI is InChI=1S/C11H20N4/c1-9(11-13-6-7-14-11)15-8-10-2-4-12-5-3-10/h6-7,9-10,12,15H,2-5,8H2,1H3,(H,13,14). The SMILES string of the molecule is CC(NCC1CCNCC1)c1ncc[nH]1. The lowest BCUT2D eigenvalue weighted by Crippen LogP contribution is -2.34. The van der Waals surface area contributed by atoms with Crippen LogP contribution in [0.3, 0.4) is 0 Å². The predicted molar refractivity (Wildman–Crippen MR) is 60.6 cm³/mol. The summed E-state index contributed by atoms with van der Waals surface area (Å²) in [5, 5.41) is 6.92. The minimum Gasteiger partial charge on any atom is -0.347 e. The smallest absolute Gasteiger partial charge is 0.122 e. The minimum absolute atomic E-state index is 0.329. The second-order valence-corrected chi connectivity index (χ2v) is 4.30. The molecule has 15 heavy (non-hydrogen) atoms. The Labute approximate surface area is 90.9 Å². The van der Waals surface area contributed by atoms with Crippen molar-refractivity contribution in [1.29, 1.82) is 0 Å². The van der Waals surface area contributed by atoms with E-state index in [4.69, 9.17) is 0 Å². The summed E-state index contributed by atoms with van der Waals surface area (Å²) in [6.45, 7) is 5.59. The minimum atomic E-state index is 0.329. The Kier molecular flexibility index (Phi) is 3.75. The number of nitrogens with one attached hydrogen (secondary N) is 3. The Hall–Kier alpha value is -0.870. The van der Waals surface area contributed by atoms with Gasteiger partial charge < -0.3 is 15.6 Å². The molecular weight excluding hydrogens is 188 g/mol. The molecule has 3 N–H and O–H groups in total. The maximum atomic E-state index is 4.25. The van der Waals surface area contributed by atoms with Gasteiger partial charge in [0.25, 0.3) is 0 Å². The van der Waals surface area contributed by atoms with Crippen molar-refractivity contribution < 1.29 is 0 Å². The normalized spacial score (nSPS) is 20.3. The number of hydrogen-bond acceptors (Lipinski definition) is 3. The van der Waals surface area contributed by atoms with E-state index in [0.717, 1.165) is 18.3 Å². The van der Waals surface area contributed by atoms with Crippen LogP contribution in [0.1, 0.15) is 31.6 Å². The number of H-pyrrole nitrogens is 1. The first-order valence-electron chi connectivity index (χ1n) is 5.79. The number of rotatable bonds is 4. The summed E-state index contributed by atoms with van der Waals surface area (Å²) in [6.07, 6.45) is 6.26. The van der Waals surface area contributed by atoms with Crippen LogP contribution < -0.4 is 10.6 Å². The van der Waals surface area contributed by atoms with E-state index < -0.39 is 0 Å². The highest BCUT2D eigenvalue weighted by Gasteiger charge is 2.14. The summed E-state index contributed by atoms with van der Waals surface area (Å²) in [5.41, 5.74) is 0. The lowest BCUT2D eigenvalue weighted by molar-refractivity contribution is 0.342. The van der Waals surface area contributed by atoms with Gasteiger partial charge in [-0.1, -0.05) is 0 Å². The fourth-order valence-electron chi connectivity index (χ4n) is 2.04. The van der Waals surface area contributed by atoms with Gasteiger partial charge in [-0.15, -0.1) is 0 Å². The Morgan fingerprint density at radius 2 is 2.33 bits per heavy atom. The van der Waals surface area contributed by atoms with E-state index in [2.05, 4.69) is 27.5 Å². The highest BCUT2D eigenvalue weighted by molar-refractivity contribution is 4.93. The molecule has 1 atom stereocenters. The van der Waals surface area contributed by atoms with E-state index in [1.54, 1.807) is 6.20 Å². The molecule has 1 saturated heterocycles. The lowest BCUT2D eigenvalue weighted by Gasteiger charge is -2.24. The highest BCUT2D eigenvalue weighted by Crippen LogP contribution is 2.12. The van der Waals surface area contributed by atoms with Crippen LogP contribution in [0.5, 0.6) is 0 Å². The molecule has 0 amide bonds. The third kappa shape index (κ3) is 3.04. The predicted octanol–water partition coefficient (Wildman–Crippen LogP) is 1.06. The van der Waals surface area contributed by atoms with Gasteiger partial charge in [0.15, 0.2) is 0 Å². The topological polar surface area (TPSA) is 52.7 Å². The summed E-state index contributed by atoms with van der Waals surface area (Å²) < 4.78 is 0. The van der Waals surface area contributed by atoms with Gasteiger partial charge >= 0.3 is 0 Å². The number of aromatic amines is 1. The van der Waals surface area contributed by atoms with Gasteiger partial charge in [0.1, 0.15) is 5.82 Å². The van der Waals surface area contributed by atoms with Gasteiger partial charge in [0, 0.05) is 12.4 Å². The second-order valence-electron chi connectivity index (χ2n) is 4.30. The highest BCUT2D eigenvalue weighted by atomic mass is 15.0. The largest absolute Gasteiger partial charge is 0.347 e.